The van der Waals surface area contributed by atoms with E-state index < -0.39 is 23.6 Å². The molecule has 1 unspecified atom stereocenters. The van der Waals surface area contributed by atoms with E-state index in [-0.39, 0.29) is 25.2 Å². The van der Waals surface area contributed by atoms with Crippen molar-refractivity contribution < 1.29 is 23.9 Å². The van der Waals surface area contributed by atoms with E-state index in [0.29, 0.717) is 11.1 Å². The van der Waals surface area contributed by atoms with Crippen LogP contribution >= 0.6 is 0 Å². The van der Waals surface area contributed by atoms with Gasteiger partial charge >= 0.3 is 5.97 Å². The van der Waals surface area contributed by atoms with Gasteiger partial charge in [0.1, 0.15) is 5.82 Å². The molecule has 0 aliphatic rings. The molecule has 0 heterocycles. The topological polar surface area (TPSA) is 83.5 Å². The second-order valence-electron chi connectivity index (χ2n) is 6.22. The van der Waals surface area contributed by atoms with Crippen LogP contribution in [-0.2, 0) is 16.0 Å². The number of rotatable bonds is 9. The third kappa shape index (κ3) is 6.02. The highest BCUT2D eigenvalue weighted by molar-refractivity contribution is 5.98. The average Bonchev–Trinajstić information content (AvgIpc) is 2.67. The Bertz CT molecular complexity index is 800. The van der Waals surface area contributed by atoms with Crippen LogP contribution in [0.2, 0.25) is 0 Å². The molecule has 2 aromatic carbocycles. The molecule has 0 saturated heterocycles. The molecule has 0 spiro atoms. The minimum absolute atomic E-state index is 0.0237. The monoisotopic (exact) mass is 371 g/mol. The Kier molecular flexibility index (Phi) is 7.23. The molecule has 5 nitrogen and oxygen atoms in total. The molecule has 0 saturated carbocycles. The van der Waals surface area contributed by atoms with Gasteiger partial charge in [0.2, 0.25) is 5.91 Å². The first-order valence-corrected chi connectivity index (χ1v) is 8.77. The molecule has 0 aliphatic heterocycles. The molecular weight excluding hydrogens is 349 g/mol. The van der Waals surface area contributed by atoms with Gasteiger partial charge in [-0.2, -0.15) is 0 Å². The van der Waals surface area contributed by atoms with Crippen LogP contribution in [0.5, 0.6) is 0 Å². The van der Waals surface area contributed by atoms with Gasteiger partial charge in [-0.25, -0.2) is 4.39 Å². The number of carbonyl (C=O) groups excluding carboxylic acids is 2. The number of benzene rings is 2. The van der Waals surface area contributed by atoms with E-state index in [0.717, 1.165) is 12.0 Å². The molecule has 6 heteroatoms. The molecule has 1 atom stereocenters. The van der Waals surface area contributed by atoms with E-state index in [2.05, 4.69) is 5.32 Å². The smallest absolute Gasteiger partial charge is 0.312 e. The van der Waals surface area contributed by atoms with Crippen molar-refractivity contribution in [2.75, 3.05) is 6.54 Å². The molecule has 2 aromatic rings. The maximum atomic E-state index is 13.0. The number of carboxylic acids is 1. The molecule has 0 aliphatic carbocycles. The summed E-state index contributed by atoms with van der Waals surface area (Å²) in [6, 6.07) is 12.4. The molecule has 2 rings (SSSR count). The quantitative estimate of drug-likeness (QED) is 0.662. The van der Waals surface area contributed by atoms with Crippen LogP contribution in [-0.4, -0.2) is 29.3 Å². The van der Waals surface area contributed by atoms with Crippen molar-refractivity contribution in [3.63, 3.8) is 0 Å². The van der Waals surface area contributed by atoms with Crippen molar-refractivity contribution in [1.29, 1.82) is 0 Å². The van der Waals surface area contributed by atoms with Gasteiger partial charge in [-0.3, -0.25) is 14.4 Å². The van der Waals surface area contributed by atoms with E-state index in [1.54, 1.807) is 12.1 Å². The van der Waals surface area contributed by atoms with E-state index in [1.165, 1.54) is 24.3 Å². The molecule has 0 radical (unpaired) electrons. The SMILES string of the molecule is CCc1ccc(C(=O)CCC(=O)NCC(C(=O)O)c2ccc(F)cc2)cc1. The summed E-state index contributed by atoms with van der Waals surface area (Å²) in [6.45, 7) is 1.90. The normalized spacial score (nSPS) is 11.6. The average molecular weight is 371 g/mol. The number of amides is 1. The fraction of sp³-hybridized carbons (Fsp3) is 0.286. The Labute approximate surface area is 157 Å². The third-order valence-corrected chi connectivity index (χ3v) is 4.34. The van der Waals surface area contributed by atoms with Gasteiger partial charge in [0.25, 0.3) is 0 Å². The summed E-state index contributed by atoms with van der Waals surface area (Å²) in [5.41, 5.74) is 2.08. The maximum Gasteiger partial charge on any atom is 0.312 e. The van der Waals surface area contributed by atoms with Gasteiger partial charge in [-0.1, -0.05) is 43.3 Å². The van der Waals surface area contributed by atoms with Crippen molar-refractivity contribution in [2.24, 2.45) is 0 Å². The van der Waals surface area contributed by atoms with Crippen molar-refractivity contribution in [3.05, 3.63) is 71.0 Å². The Morgan fingerprint density at radius 3 is 2.19 bits per heavy atom. The van der Waals surface area contributed by atoms with Gasteiger partial charge in [-0.15, -0.1) is 0 Å². The number of hydrogen-bond acceptors (Lipinski definition) is 3. The van der Waals surface area contributed by atoms with Crippen LogP contribution < -0.4 is 5.32 Å². The number of carbonyl (C=O) groups is 3. The van der Waals surface area contributed by atoms with Crippen LogP contribution in [0.25, 0.3) is 0 Å². The summed E-state index contributed by atoms with van der Waals surface area (Å²) < 4.78 is 13.0. The van der Waals surface area contributed by atoms with E-state index in [9.17, 15) is 23.9 Å². The summed E-state index contributed by atoms with van der Waals surface area (Å²) in [6.07, 6.45) is 0.908. The lowest BCUT2D eigenvalue weighted by Gasteiger charge is -2.14. The number of aryl methyl sites for hydroxylation is 1. The fourth-order valence-corrected chi connectivity index (χ4v) is 2.64. The van der Waals surface area contributed by atoms with Crippen molar-refractivity contribution in [3.8, 4) is 0 Å². The Balaban J connectivity index is 1.85. The lowest BCUT2D eigenvalue weighted by molar-refractivity contribution is -0.138. The summed E-state index contributed by atoms with van der Waals surface area (Å²) in [5, 5.41) is 11.9. The number of hydrogen-bond donors (Lipinski definition) is 2. The predicted octanol–water partition coefficient (Wildman–Crippen LogP) is 3.34. The first-order chi connectivity index (χ1) is 12.9. The van der Waals surface area contributed by atoms with Crippen LogP contribution in [0.15, 0.2) is 48.5 Å². The largest absolute Gasteiger partial charge is 0.481 e. The zero-order chi connectivity index (χ0) is 19.8. The van der Waals surface area contributed by atoms with E-state index in [4.69, 9.17) is 0 Å². The highest BCUT2D eigenvalue weighted by Crippen LogP contribution is 2.16. The van der Waals surface area contributed by atoms with Crippen molar-refractivity contribution in [2.45, 2.75) is 32.1 Å². The molecule has 142 valence electrons. The number of ketones is 1. The third-order valence-electron chi connectivity index (χ3n) is 4.34. The first-order valence-electron chi connectivity index (χ1n) is 8.77. The van der Waals surface area contributed by atoms with E-state index in [1.807, 2.05) is 19.1 Å². The summed E-state index contributed by atoms with van der Waals surface area (Å²) in [5.74, 6) is -3.10. The zero-order valence-corrected chi connectivity index (χ0v) is 15.1. The Morgan fingerprint density at radius 2 is 1.63 bits per heavy atom. The van der Waals surface area contributed by atoms with Crippen LogP contribution in [0.3, 0.4) is 0 Å². The van der Waals surface area contributed by atoms with Gasteiger partial charge in [-0.05, 0) is 29.7 Å². The summed E-state index contributed by atoms with van der Waals surface area (Å²) >= 11 is 0. The first kappa shape index (κ1) is 20.3. The van der Waals surface area contributed by atoms with Crippen molar-refractivity contribution in [1.82, 2.24) is 5.32 Å². The lowest BCUT2D eigenvalue weighted by Crippen LogP contribution is -2.31. The number of halogens is 1. The predicted molar refractivity (Wildman–Crippen MR) is 99.2 cm³/mol. The van der Waals surface area contributed by atoms with Crippen molar-refractivity contribution >= 4 is 17.7 Å². The molecular formula is C21H22FNO4. The minimum atomic E-state index is -1.12. The number of nitrogens with one attached hydrogen (secondary N) is 1. The summed E-state index contributed by atoms with van der Waals surface area (Å²) in [4.78, 5) is 35.5. The fourth-order valence-electron chi connectivity index (χ4n) is 2.64. The lowest BCUT2D eigenvalue weighted by atomic mass is 9.99. The van der Waals surface area contributed by atoms with Gasteiger partial charge in [0.15, 0.2) is 5.78 Å². The zero-order valence-electron chi connectivity index (χ0n) is 15.1. The van der Waals surface area contributed by atoms with Crippen LogP contribution in [0.1, 0.15) is 47.2 Å². The van der Waals surface area contributed by atoms with Crippen LogP contribution in [0, 0.1) is 5.82 Å². The Hall–Kier alpha value is -3.02. The highest BCUT2D eigenvalue weighted by Gasteiger charge is 2.21. The summed E-state index contributed by atoms with van der Waals surface area (Å²) in [7, 11) is 0. The van der Waals surface area contributed by atoms with Gasteiger partial charge in [0.05, 0.1) is 5.92 Å². The standard InChI is InChI=1S/C21H22FNO4/c1-2-14-3-5-16(6-4-14)19(24)11-12-20(25)23-13-18(21(26)27)15-7-9-17(22)10-8-15/h3-10,18H,2,11-13H2,1H3,(H,23,25)(H,26,27). The minimum Gasteiger partial charge on any atom is -0.481 e. The maximum absolute atomic E-state index is 13.0. The van der Waals surface area contributed by atoms with Gasteiger partial charge < -0.3 is 10.4 Å². The number of aliphatic carboxylic acids is 1. The van der Waals surface area contributed by atoms with Gasteiger partial charge in [0, 0.05) is 24.9 Å². The molecule has 0 fully saturated rings. The molecule has 0 bridgehead atoms. The number of Topliss-reactive ketones (excluding diaryl/α,β-unsaturated/α-hetero) is 1. The molecule has 0 aromatic heterocycles. The second-order valence-corrected chi connectivity index (χ2v) is 6.22. The van der Waals surface area contributed by atoms with E-state index >= 15 is 0 Å². The number of carboxylic acid groups (broad SMARTS) is 1. The Morgan fingerprint density at radius 1 is 1.00 bits per heavy atom. The second kappa shape index (κ2) is 9.62. The molecule has 1 amide bonds. The molecule has 2 N–H and O–H groups in total. The van der Waals surface area contributed by atoms with Crippen LogP contribution in [0.4, 0.5) is 4.39 Å². The highest BCUT2D eigenvalue weighted by atomic mass is 19.1. The molecule has 27 heavy (non-hydrogen) atoms.